The minimum absolute atomic E-state index is 0.0358. The summed E-state index contributed by atoms with van der Waals surface area (Å²) in [5.41, 5.74) is -0.0358. The number of aliphatic hydroxyl groups excluding tert-OH is 1. The van der Waals surface area contributed by atoms with Crippen molar-refractivity contribution in [1.82, 2.24) is 5.32 Å². The van der Waals surface area contributed by atoms with Gasteiger partial charge in [-0.25, -0.2) is 0 Å². The number of rotatable bonds is 0. The number of hydrogen-bond acceptors (Lipinski definition) is 3. The van der Waals surface area contributed by atoms with Crippen LogP contribution >= 0.6 is 0 Å². The first-order valence-corrected chi connectivity index (χ1v) is 4.79. The molecular weight excluding hydrogens is 154 g/mol. The van der Waals surface area contributed by atoms with Crippen molar-refractivity contribution >= 4 is 0 Å². The second-order valence-corrected chi connectivity index (χ2v) is 4.22. The van der Waals surface area contributed by atoms with Crippen LogP contribution in [-0.2, 0) is 4.74 Å². The van der Waals surface area contributed by atoms with E-state index in [0.29, 0.717) is 0 Å². The molecule has 0 aromatic rings. The molecule has 3 heteroatoms. The van der Waals surface area contributed by atoms with Gasteiger partial charge in [-0.2, -0.15) is 0 Å². The monoisotopic (exact) mass is 171 g/mol. The van der Waals surface area contributed by atoms with E-state index < -0.39 is 6.41 Å². The van der Waals surface area contributed by atoms with Crippen LogP contribution in [0, 0.1) is 5.92 Å². The summed E-state index contributed by atoms with van der Waals surface area (Å²) in [6, 6.07) is 0. The Balaban J connectivity index is 1.95. The Bertz CT molecular complexity index is 164. The highest BCUT2D eigenvalue weighted by Crippen LogP contribution is 2.36. The van der Waals surface area contributed by atoms with Crippen LogP contribution in [0.2, 0.25) is 0 Å². The molecule has 2 N–H and O–H groups in total. The zero-order chi connectivity index (χ0) is 8.60. The normalized spacial score (nSPS) is 48.5. The minimum Gasteiger partial charge on any atom is -0.356 e. The van der Waals surface area contributed by atoms with Crippen molar-refractivity contribution in [2.24, 2.45) is 5.92 Å². The molecule has 1 saturated carbocycles. The molecule has 0 aromatic carbocycles. The molecule has 1 aliphatic carbocycles. The quantitative estimate of drug-likeness (QED) is 0.567. The lowest BCUT2D eigenvalue weighted by molar-refractivity contribution is -0.154. The van der Waals surface area contributed by atoms with Gasteiger partial charge >= 0.3 is 0 Å². The molecule has 2 rings (SSSR count). The van der Waals surface area contributed by atoms with Gasteiger partial charge in [0.1, 0.15) is 0 Å². The van der Waals surface area contributed by atoms with E-state index in [1.165, 1.54) is 12.8 Å². The maximum absolute atomic E-state index is 9.18. The molecule has 0 aromatic heterocycles. The largest absolute Gasteiger partial charge is 0.356 e. The number of ether oxygens (including phenoxy) is 1. The first-order valence-electron chi connectivity index (χ1n) is 4.79. The Kier molecular flexibility index (Phi) is 2.10. The lowest BCUT2D eigenvalue weighted by Gasteiger charge is -2.34. The highest BCUT2D eigenvalue weighted by atomic mass is 16.6. The van der Waals surface area contributed by atoms with Gasteiger partial charge < -0.3 is 9.84 Å². The molecular formula is C9H17NO2. The van der Waals surface area contributed by atoms with Crippen molar-refractivity contribution in [2.75, 3.05) is 6.54 Å². The maximum Gasteiger partial charge on any atom is 0.214 e. The van der Waals surface area contributed by atoms with Gasteiger partial charge in [-0.05, 0) is 31.6 Å². The second kappa shape index (κ2) is 2.98. The van der Waals surface area contributed by atoms with E-state index in [2.05, 4.69) is 12.2 Å². The third-order valence-electron chi connectivity index (χ3n) is 3.15. The summed E-state index contributed by atoms with van der Waals surface area (Å²) < 4.78 is 5.48. The highest BCUT2D eigenvalue weighted by molar-refractivity contribution is 4.91. The summed E-state index contributed by atoms with van der Waals surface area (Å²) in [7, 11) is 0. The third kappa shape index (κ3) is 1.49. The predicted octanol–water partition coefficient (Wildman–Crippen LogP) is 0.831. The van der Waals surface area contributed by atoms with Crippen molar-refractivity contribution in [1.29, 1.82) is 0 Å². The van der Waals surface area contributed by atoms with Crippen LogP contribution in [0.1, 0.15) is 32.6 Å². The maximum atomic E-state index is 9.18. The summed E-state index contributed by atoms with van der Waals surface area (Å²) in [6.45, 7) is 3.10. The van der Waals surface area contributed by atoms with Gasteiger partial charge in [-0.15, -0.1) is 0 Å². The standard InChI is InChI=1S/C9H17NO2/c1-7-2-4-9(5-3-7)6-10-8(11)12-9/h7-8,10-11H,2-6H2,1H3. The molecule has 0 amide bonds. The van der Waals surface area contributed by atoms with Crippen molar-refractivity contribution in [2.45, 2.75) is 44.6 Å². The number of nitrogens with one attached hydrogen (secondary N) is 1. The van der Waals surface area contributed by atoms with Crippen molar-refractivity contribution < 1.29 is 9.84 Å². The molecule has 70 valence electrons. The van der Waals surface area contributed by atoms with Crippen LogP contribution < -0.4 is 5.32 Å². The molecule has 1 spiro atoms. The van der Waals surface area contributed by atoms with E-state index in [9.17, 15) is 5.11 Å². The van der Waals surface area contributed by atoms with Crippen LogP contribution in [0.25, 0.3) is 0 Å². The number of aliphatic hydroxyl groups is 1. The van der Waals surface area contributed by atoms with E-state index in [0.717, 1.165) is 25.3 Å². The van der Waals surface area contributed by atoms with Gasteiger partial charge in [0, 0.05) is 6.54 Å². The molecule has 2 fully saturated rings. The van der Waals surface area contributed by atoms with E-state index in [1.807, 2.05) is 0 Å². The summed E-state index contributed by atoms with van der Waals surface area (Å²) in [6.07, 6.45) is 3.93. The first kappa shape index (κ1) is 8.48. The highest BCUT2D eigenvalue weighted by Gasteiger charge is 2.41. The second-order valence-electron chi connectivity index (χ2n) is 4.22. The molecule has 1 aliphatic heterocycles. The van der Waals surface area contributed by atoms with Gasteiger partial charge in [0.15, 0.2) is 0 Å². The van der Waals surface area contributed by atoms with E-state index in [4.69, 9.17) is 4.74 Å². The van der Waals surface area contributed by atoms with Gasteiger partial charge in [0.25, 0.3) is 0 Å². The predicted molar refractivity (Wildman–Crippen MR) is 45.5 cm³/mol. The molecule has 0 bridgehead atoms. The van der Waals surface area contributed by atoms with Crippen molar-refractivity contribution in [3.63, 3.8) is 0 Å². The third-order valence-corrected chi connectivity index (χ3v) is 3.15. The Labute approximate surface area is 73.1 Å². The number of hydrogen-bond donors (Lipinski definition) is 2. The van der Waals surface area contributed by atoms with E-state index in [1.54, 1.807) is 0 Å². The van der Waals surface area contributed by atoms with Gasteiger partial charge in [-0.1, -0.05) is 6.92 Å². The Morgan fingerprint density at radius 1 is 1.42 bits per heavy atom. The van der Waals surface area contributed by atoms with Gasteiger partial charge in [0.2, 0.25) is 6.41 Å². The lowest BCUT2D eigenvalue weighted by atomic mass is 9.80. The molecule has 1 saturated heterocycles. The topological polar surface area (TPSA) is 41.5 Å². The molecule has 0 radical (unpaired) electrons. The Morgan fingerprint density at radius 2 is 2.08 bits per heavy atom. The average molecular weight is 171 g/mol. The van der Waals surface area contributed by atoms with Gasteiger partial charge in [-0.3, -0.25) is 5.32 Å². The summed E-state index contributed by atoms with van der Waals surface area (Å²) in [5.74, 6) is 0.831. The van der Waals surface area contributed by atoms with Crippen molar-refractivity contribution in [3.8, 4) is 0 Å². The summed E-state index contributed by atoms with van der Waals surface area (Å²) >= 11 is 0. The van der Waals surface area contributed by atoms with Gasteiger partial charge in [0.05, 0.1) is 5.60 Å². The molecule has 1 unspecified atom stereocenters. The smallest absolute Gasteiger partial charge is 0.214 e. The summed E-state index contributed by atoms with van der Waals surface area (Å²) in [4.78, 5) is 0. The lowest BCUT2D eigenvalue weighted by Crippen LogP contribution is -2.37. The van der Waals surface area contributed by atoms with E-state index >= 15 is 0 Å². The Hall–Kier alpha value is -0.120. The molecule has 3 nitrogen and oxygen atoms in total. The van der Waals surface area contributed by atoms with Crippen LogP contribution in [0.15, 0.2) is 0 Å². The fraction of sp³-hybridized carbons (Fsp3) is 1.00. The first-order chi connectivity index (χ1) is 5.70. The van der Waals surface area contributed by atoms with Crippen LogP contribution in [-0.4, -0.2) is 23.7 Å². The van der Waals surface area contributed by atoms with Crippen LogP contribution in [0.5, 0.6) is 0 Å². The van der Waals surface area contributed by atoms with E-state index in [-0.39, 0.29) is 5.60 Å². The molecule has 1 heterocycles. The molecule has 1 atom stereocenters. The molecule has 2 aliphatic rings. The minimum atomic E-state index is -0.724. The van der Waals surface area contributed by atoms with Crippen molar-refractivity contribution in [3.05, 3.63) is 0 Å². The zero-order valence-corrected chi connectivity index (χ0v) is 7.55. The Morgan fingerprint density at radius 3 is 2.58 bits per heavy atom. The SMILES string of the molecule is CC1CCC2(CC1)CNC(O)O2. The fourth-order valence-electron chi connectivity index (χ4n) is 2.18. The summed E-state index contributed by atoms with van der Waals surface area (Å²) in [5, 5.41) is 12.1. The zero-order valence-electron chi connectivity index (χ0n) is 7.55. The van der Waals surface area contributed by atoms with Crippen LogP contribution in [0.4, 0.5) is 0 Å². The fourth-order valence-corrected chi connectivity index (χ4v) is 2.18. The average Bonchev–Trinajstić information content (AvgIpc) is 2.40. The van der Waals surface area contributed by atoms with Crippen LogP contribution in [0.3, 0.4) is 0 Å². The molecule has 12 heavy (non-hydrogen) atoms.